The van der Waals surface area contributed by atoms with Crippen molar-refractivity contribution in [2.45, 2.75) is 31.3 Å². The summed E-state index contributed by atoms with van der Waals surface area (Å²) < 4.78 is 30.5. The molecule has 4 heteroatoms. The van der Waals surface area contributed by atoms with Gasteiger partial charge in [-0.2, -0.15) is 0 Å². The van der Waals surface area contributed by atoms with Crippen molar-refractivity contribution < 1.29 is 13.5 Å². The molecule has 0 amide bonds. The summed E-state index contributed by atoms with van der Waals surface area (Å²) in [6.07, 6.45) is 1.20. The molecule has 0 aromatic heterocycles. The summed E-state index contributed by atoms with van der Waals surface area (Å²) in [7, 11) is 0. The maximum Gasteiger partial charge on any atom is 0.285 e. The van der Waals surface area contributed by atoms with Crippen molar-refractivity contribution in [3.63, 3.8) is 0 Å². The van der Waals surface area contributed by atoms with Crippen molar-refractivity contribution in [2.75, 3.05) is 13.2 Å². The summed E-state index contributed by atoms with van der Waals surface area (Å²) >= 11 is 0. The second-order valence-electron chi connectivity index (χ2n) is 2.82. The Bertz CT molecular complexity index is 124. The molecule has 0 saturated carbocycles. The first-order chi connectivity index (χ1) is 5.17. The van der Waals surface area contributed by atoms with E-state index in [9.17, 15) is 8.78 Å². The molecule has 0 bridgehead atoms. The van der Waals surface area contributed by atoms with Crippen LogP contribution in [0.3, 0.4) is 0 Å². The zero-order valence-electron chi connectivity index (χ0n) is 6.35. The van der Waals surface area contributed by atoms with Crippen LogP contribution in [-0.2, 0) is 4.74 Å². The average molecular weight is 165 g/mol. The monoisotopic (exact) mass is 165 g/mol. The first kappa shape index (κ1) is 8.87. The topological polar surface area (TPSA) is 35.2 Å². The third-order valence-electron chi connectivity index (χ3n) is 1.92. The molecule has 1 rings (SSSR count). The number of rotatable bonds is 2. The fourth-order valence-corrected chi connectivity index (χ4v) is 1.21. The molecule has 1 unspecified atom stereocenters. The highest BCUT2D eigenvalue weighted by Gasteiger charge is 2.39. The van der Waals surface area contributed by atoms with Crippen LogP contribution < -0.4 is 5.73 Å². The summed E-state index contributed by atoms with van der Waals surface area (Å²) in [6, 6.07) is 0. The lowest BCUT2D eigenvalue weighted by atomic mass is 10.0. The standard InChI is InChI=1S/C7H13F2NO/c8-7(9,5-10)6-3-1-2-4-11-6/h6H,1-5,10H2. The van der Waals surface area contributed by atoms with E-state index in [0.29, 0.717) is 13.0 Å². The van der Waals surface area contributed by atoms with Crippen molar-refractivity contribution in [3.05, 3.63) is 0 Å². The van der Waals surface area contributed by atoms with Gasteiger partial charge in [0.15, 0.2) is 0 Å². The van der Waals surface area contributed by atoms with Gasteiger partial charge in [-0.05, 0) is 19.3 Å². The summed E-state index contributed by atoms with van der Waals surface area (Å²) in [6.45, 7) is -0.169. The predicted octanol–water partition coefficient (Wildman–Crippen LogP) is 1.15. The largest absolute Gasteiger partial charge is 0.372 e. The van der Waals surface area contributed by atoms with E-state index >= 15 is 0 Å². The number of halogens is 2. The van der Waals surface area contributed by atoms with Crippen LogP contribution in [0.2, 0.25) is 0 Å². The van der Waals surface area contributed by atoms with E-state index < -0.39 is 18.6 Å². The van der Waals surface area contributed by atoms with E-state index in [1.165, 1.54) is 0 Å². The molecule has 0 radical (unpaired) electrons. The van der Waals surface area contributed by atoms with Crippen molar-refractivity contribution in [2.24, 2.45) is 5.73 Å². The third kappa shape index (κ3) is 2.10. The molecular weight excluding hydrogens is 152 g/mol. The van der Waals surface area contributed by atoms with Gasteiger partial charge in [-0.1, -0.05) is 0 Å². The molecule has 0 aliphatic carbocycles. The fourth-order valence-electron chi connectivity index (χ4n) is 1.21. The lowest BCUT2D eigenvalue weighted by molar-refractivity contribution is -0.146. The molecule has 66 valence electrons. The molecule has 1 fully saturated rings. The molecule has 0 aromatic rings. The Kier molecular flexibility index (Phi) is 2.78. The van der Waals surface area contributed by atoms with Gasteiger partial charge in [0.25, 0.3) is 5.92 Å². The van der Waals surface area contributed by atoms with Gasteiger partial charge in [0.2, 0.25) is 0 Å². The van der Waals surface area contributed by atoms with Gasteiger partial charge in [0.1, 0.15) is 6.10 Å². The van der Waals surface area contributed by atoms with E-state index in [1.807, 2.05) is 0 Å². The molecule has 1 aliphatic rings. The number of ether oxygens (including phenoxy) is 1. The van der Waals surface area contributed by atoms with Crippen molar-refractivity contribution >= 4 is 0 Å². The van der Waals surface area contributed by atoms with Gasteiger partial charge in [-0.15, -0.1) is 0 Å². The zero-order valence-corrected chi connectivity index (χ0v) is 6.35. The quantitative estimate of drug-likeness (QED) is 0.666. The number of nitrogens with two attached hydrogens (primary N) is 1. The molecular formula is C7H13F2NO. The Balaban J connectivity index is 2.43. The smallest absolute Gasteiger partial charge is 0.285 e. The van der Waals surface area contributed by atoms with Crippen LogP contribution >= 0.6 is 0 Å². The highest BCUT2D eigenvalue weighted by molar-refractivity contribution is 4.80. The normalized spacial score (nSPS) is 27.0. The van der Waals surface area contributed by atoms with E-state index in [1.54, 1.807) is 0 Å². The summed E-state index contributed by atoms with van der Waals surface area (Å²) in [4.78, 5) is 0. The van der Waals surface area contributed by atoms with Gasteiger partial charge in [-0.3, -0.25) is 0 Å². The minimum Gasteiger partial charge on any atom is -0.372 e. The fraction of sp³-hybridized carbons (Fsp3) is 1.00. The van der Waals surface area contributed by atoms with Gasteiger partial charge >= 0.3 is 0 Å². The van der Waals surface area contributed by atoms with Crippen LogP contribution in [-0.4, -0.2) is 25.2 Å². The Morgan fingerprint density at radius 1 is 1.45 bits per heavy atom. The highest BCUT2D eigenvalue weighted by Crippen LogP contribution is 2.27. The van der Waals surface area contributed by atoms with Crippen LogP contribution in [0, 0.1) is 0 Å². The lowest BCUT2D eigenvalue weighted by Gasteiger charge is -2.28. The molecule has 1 saturated heterocycles. The SMILES string of the molecule is NCC(F)(F)C1CCCCO1. The van der Waals surface area contributed by atoms with E-state index in [2.05, 4.69) is 0 Å². The maximum absolute atomic E-state index is 12.8. The summed E-state index contributed by atoms with van der Waals surface area (Å²) in [5, 5.41) is 0. The van der Waals surface area contributed by atoms with Gasteiger partial charge in [0.05, 0.1) is 6.54 Å². The third-order valence-corrected chi connectivity index (χ3v) is 1.92. The molecule has 0 spiro atoms. The number of alkyl halides is 2. The van der Waals surface area contributed by atoms with Crippen molar-refractivity contribution in [1.82, 2.24) is 0 Å². The minimum atomic E-state index is -2.83. The van der Waals surface area contributed by atoms with Crippen molar-refractivity contribution in [1.29, 1.82) is 0 Å². The van der Waals surface area contributed by atoms with Crippen LogP contribution in [0.1, 0.15) is 19.3 Å². The Morgan fingerprint density at radius 2 is 2.18 bits per heavy atom. The Morgan fingerprint density at radius 3 is 2.64 bits per heavy atom. The first-order valence-electron chi connectivity index (χ1n) is 3.86. The van der Waals surface area contributed by atoms with E-state index in [-0.39, 0.29) is 0 Å². The molecule has 1 heterocycles. The second kappa shape index (κ2) is 3.45. The van der Waals surface area contributed by atoms with E-state index in [0.717, 1.165) is 12.8 Å². The maximum atomic E-state index is 12.8. The summed E-state index contributed by atoms with van der Waals surface area (Å²) in [5.41, 5.74) is 4.91. The lowest BCUT2D eigenvalue weighted by Crippen LogP contribution is -2.43. The van der Waals surface area contributed by atoms with Crippen LogP contribution in [0.4, 0.5) is 8.78 Å². The molecule has 1 aliphatic heterocycles. The average Bonchev–Trinajstić information content (AvgIpc) is 2.06. The van der Waals surface area contributed by atoms with Crippen LogP contribution in [0.5, 0.6) is 0 Å². The number of hydrogen-bond acceptors (Lipinski definition) is 2. The van der Waals surface area contributed by atoms with Gasteiger partial charge < -0.3 is 10.5 Å². The zero-order chi connectivity index (χ0) is 8.32. The molecule has 1 atom stereocenters. The van der Waals surface area contributed by atoms with Crippen LogP contribution in [0.15, 0.2) is 0 Å². The first-order valence-corrected chi connectivity index (χ1v) is 3.86. The molecule has 2 N–H and O–H groups in total. The minimum absolute atomic E-state index is 0.435. The van der Waals surface area contributed by atoms with E-state index in [4.69, 9.17) is 10.5 Å². The molecule has 2 nitrogen and oxygen atoms in total. The Labute approximate surface area is 64.7 Å². The van der Waals surface area contributed by atoms with Gasteiger partial charge in [0, 0.05) is 6.61 Å². The second-order valence-corrected chi connectivity index (χ2v) is 2.82. The highest BCUT2D eigenvalue weighted by atomic mass is 19.3. The van der Waals surface area contributed by atoms with Crippen molar-refractivity contribution in [3.8, 4) is 0 Å². The molecule has 11 heavy (non-hydrogen) atoms. The van der Waals surface area contributed by atoms with Crippen LogP contribution in [0.25, 0.3) is 0 Å². The summed E-state index contributed by atoms with van der Waals surface area (Å²) in [5.74, 6) is -2.83. The number of hydrogen-bond donors (Lipinski definition) is 1. The van der Waals surface area contributed by atoms with Gasteiger partial charge in [-0.25, -0.2) is 8.78 Å². The predicted molar refractivity (Wildman–Crippen MR) is 37.6 cm³/mol. The Hall–Kier alpha value is -0.220. The molecule has 0 aromatic carbocycles.